The zero-order valence-electron chi connectivity index (χ0n) is 12.1. The minimum atomic E-state index is 0.657. The van der Waals surface area contributed by atoms with E-state index in [1.54, 1.807) is 0 Å². The van der Waals surface area contributed by atoms with Gasteiger partial charge in [-0.2, -0.15) is 0 Å². The van der Waals surface area contributed by atoms with Crippen LogP contribution in [0.2, 0.25) is 0 Å². The number of fused-ring (bicyclic) bond motifs is 1. The summed E-state index contributed by atoms with van der Waals surface area (Å²) < 4.78 is 11.7. The first-order valence-electron chi connectivity index (χ1n) is 7.18. The smallest absolute Gasteiger partial charge is 0.176 e. The van der Waals surface area contributed by atoms with E-state index in [4.69, 9.17) is 9.15 Å². The van der Waals surface area contributed by atoms with Crippen LogP contribution in [0.25, 0.3) is 11.0 Å². The van der Waals surface area contributed by atoms with Crippen molar-refractivity contribution in [1.82, 2.24) is 5.32 Å². The van der Waals surface area contributed by atoms with Gasteiger partial charge in [-0.05, 0) is 32.4 Å². The Morgan fingerprint density at radius 2 is 2.05 bits per heavy atom. The second-order valence-corrected chi connectivity index (χ2v) is 4.60. The van der Waals surface area contributed by atoms with Crippen molar-refractivity contribution in [1.29, 1.82) is 0 Å². The van der Waals surface area contributed by atoms with E-state index in [9.17, 15) is 0 Å². The largest absolute Gasteiger partial charge is 0.490 e. The topological polar surface area (TPSA) is 34.4 Å². The van der Waals surface area contributed by atoms with Crippen molar-refractivity contribution in [2.24, 2.45) is 0 Å². The summed E-state index contributed by atoms with van der Waals surface area (Å²) in [6.07, 6.45) is 2.11. The number of aryl methyl sites for hydroxylation is 1. The molecule has 1 N–H and O–H groups in total. The number of furan rings is 1. The Morgan fingerprint density at radius 1 is 1.21 bits per heavy atom. The van der Waals surface area contributed by atoms with E-state index in [1.807, 2.05) is 19.1 Å². The lowest BCUT2D eigenvalue weighted by molar-refractivity contribution is 0.337. The summed E-state index contributed by atoms with van der Waals surface area (Å²) in [6, 6.07) is 6.12. The molecule has 0 amide bonds. The van der Waals surface area contributed by atoms with E-state index < -0.39 is 0 Å². The van der Waals surface area contributed by atoms with Gasteiger partial charge in [0.2, 0.25) is 0 Å². The van der Waals surface area contributed by atoms with Crippen molar-refractivity contribution in [2.45, 2.75) is 40.2 Å². The van der Waals surface area contributed by atoms with Gasteiger partial charge in [-0.15, -0.1) is 0 Å². The third kappa shape index (κ3) is 2.92. The number of para-hydroxylation sites is 1. The molecule has 1 aromatic carbocycles. The minimum Gasteiger partial charge on any atom is -0.490 e. The third-order valence-corrected chi connectivity index (χ3v) is 3.23. The van der Waals surface area contributed by atoms with Crippen LogP contribution in [-0.2, 0) is 13.0 Å². The van der Waals surface area contributed by atoms with E-state index in [0.717, 1.165) is 43.0 Å². The second kappa shape index (κ2) is 6.62. The van der Waals surface area contributed by atoms with Crippen LogP contribution < -0.4 is 10.1 Å². The number of rotatable bonds is 7. The standard InChI is InChI=1S/C16H23NO2/c1-4-10-17-11-15-12(5-2)13-8-7-9-14(18-6-3)16(13)19-15/h7-9,17H,4-6,10-11H2,1-3H3. The van der Waals surface area contributed by atoms with Crippen LogP contribution in [0, 0.1) is 0 Å². The van der Waals surface area contributed by atoms with Gasteiger partial charge in [0.25, 0.3) is 0 Å². The number of hydrogen-bond donors (Lipinski definition) is 1. The zero-order valence-corrected chi connectivity index (χ0v) is 12.1. The van der Waals surface area contributed by atoms with Crippen LogP contribution >= 0.6 is 0 Å². The highest BCUT2D eigenvalue weighted by molar-refractivity contribution is 5.87. The van der Waals surface area contributed by atoms with Gasteiger partial charge in [-0.1, -0.05) is 26.0 Å². The maximum absolute atomic E-state index is 6.03. The molecule has 0 fully saturated rings. The molecule has 2 rings (SSSR count). The summed E-state index contributed by atoms with van der Waals surface area (Å²) in [4.78, 5) is 0. The average molecular weight is 261 g/mol. The van der Waals surface area contributed by atoms with Gasteiger partial charge in [0.15, 0.2) is 11.3 Å². The quantitative estimate of drug-likeness (QED) is 0.768. The molecule has 19 heavy (non-hydrogen) atoms. The number of benzene rings is 1. The zero-order chi connectivity index (χ0) is 13.7. The van der Waals surface area contributed by atoms with E-state index in [-0.39, 0.29) is 0 Å². The fraction of sp³-hybridized carbons (Fsp3) is 0.500. The maximum Gasteiger partial charge on any atom is 0.176 e. The predicted octanol–water partition coefficient (Wildman–Crippen LogP) is 3.89. The molecule has 0 bridgehead atoms. The highest BCUT2D eigenvalue weighted by atomic mass is 16.5. The molecular weight excluding hydrogens is 238 g/mol. The van der Waals surface area contributed by atoms with E-state index in [1.165, 1.54) is 10.9 Å². The molecule has 0 saturated carbocycles. The van der Waals surface area contributed by atoms with Gasteiger partial charge in [-0.3, -0.25) is 0 Å². The average Bonchev–Trinajstić information content (AvgIpc) is 2.78. The molecule has 0 aliphatic heterocycles. The SMILES string of the molecule is CCCNCc1oc2c(OCC)cccc2c1CC. The number of nitrogens with one attached hydrogen (secondary N) is 1. The monoisotopic (exact) mass is 261 g/mol. The minimum absolute atomic E-state index is 0.657. The van der Waals surface area contributed by atoms with E-state index in [2.05, 4.69) is 25.2 Å². The molecule has 2 aromatic rings. The van der Waals surface area contributed by atoms with Gasteiger partial charge in [0.1, 0.15) is 5.76 Å². The van der Waals surface area contributed by atoms with Crippen LogP contribution in [0.4, 0.5) is 0 Å². The van der Waals surface area contributed by atoms with E-state index in [0.29, 0.717) is 6.61 Å². The Balaban J connectivity index is 2.38. The fourth-order valence-electron chi connectivity index (χ4n) is 2.37. The molecule has 0 atom stereocenters. The summed E-state index contributed by atoms with van der Waals surface area (Å²) >= 11 is 0. The van der Waals surface area contributed by atoms with Gasteiger partial charge in [-0.25, -0.2) is 0 Å². The first-order chi connectivity index (χ1) is 9.31. The third-order valence-electron chi connectivity index (χ3n) is 3.23. The summed E-state index contributed by atoms with van der Waals surface area (Å²) in [7, 11) is 0. The fourth-order valence-corrected chi connectivity index (χ4v) is 2.37. The molecule has 0 spiro atoms. The molecule has 3 nitrogen and oxygen atoms in total. The molecule has 0 aliphatic carbocycles. The second-order valence-electron chi connectivity index (χ2n) is 4.60. The van der Waals surface area contributed by atoms with Crippen molar-refractivity contribution in [3.63, 3.8) is 0 Å². The lowest BCUT2D eigenvalue weighted by Gasteiger charge is -2.02. The van der Waals surface area contributed by atoms with Crippen LogP contribution in [0.1, 0.15) is 38.5 Å². The van der Waals surface area contributed by atoms with Gasteiger partial charge < -0.3 is 14.5 Å². The molecular formula is C16H23NO2. The summed E-state index contributed by atoms with van der Waals surface area (Å²) in [5.74, 6) is 1.88. The van der Waals surface area contributed by atoms with Crippen molar-refractivity contribution >= 4 is 11.0 Å². The molecule has 104 valence electrons. The lowest BCUT2D eigenvalue weighted by Crippen LogP contribution is -2.14. The summed E-state index contributed by atoms with van der Waals surface area (Å²) in [5.41, 5.74) is 2.18. The van der Waals surface area contributed by atoms with Crippen molar-refractivity contribution in [2.75, 3.05) is 13.2 Å². The van der Waals surface area contributed by atoms with Gasteiger partial charge in [0.05, 0.1) is 13.2 Å². The van der Waals surface area contributed by atoms with Crippen LogP contribution in [-0.4, -0.2) is 13.2 Å². The Hall–Kier alpha value is -1.48. The molecule has 3 heteroatoms. The van der Waals surface area contributed by atoms with Crippen molar-refractivity contribution in [3.05, 3.63) is 29.5 Å². The number of hydrogen-bond acceptors (Lipinski definition) is 3. The molecule has 1 heterocycles. The number of ether oxygens (including phenoxy) is 1. The highest BCUT2D eigenvalue weighted by Gasteiger charge is 2.15. The first-order valence-corrected chi connectivity index (χ1v) is 7.18. The normalized spacial score (nSPS) is 11.1. The van der Waals surface area contributed by atoms with Crippen molar-refractivity contribution < 1.29 is 9.15 Å². The maximum atomic E-state index is 6.03. The first kappa shape index (κ1) is 13.9. The highest BCUT2D eigenvalue weighted by Crippen LogP contribution is 2.33. The van der Waals surface area contributed by atoms with Gasteiger partial charge >= 0.3 is 0 Å². The van der Waals surface area contributed by atoms with Crippen LogP contribution in [0.5, 0.6) is 5.75 Å². The lowest BCUT2D eigenvalue weighted by atomic mass is 10.1. The Labute approximate surface area is 114 Å². The molecule has 0 aliphatic rings. The Morgan fingerprint density at radius 3 is 2.74 bits per heavy atom. The Kier molecular flexibility index (Phi) is 4.86. The predicted molar refractivity (Wildman–Crippen MR) is 78.8 cm³/mol. The summed E-state index contributed by atoms with van der Waals surface area (Å²) in [6.45, 7) is 8.78. The van der Waals surface area contributed by atoms with E-state index >= 15 is 0 Å². The van der Waals surface area contributed by atoms with Crippen LogP contribution in [0.3, 0.4) is 0 Å². The Bertz CT molecular complexity index is 531. The molecule has 0 unspecified atom stereocenters. The molecule has 0 radical (unpaired) electrons. The molecule has 1 aromatic heterocycles. The molecule has 0 saturated heterocycles. The van der Waals surface area contributed by atoms with Crippen LogP contribution in [0.15, 0.2) is 22.6 Å². The summed E-state index contributed by atoms with van der Waals surface area (Å²) in [5, 5.41) is 4.59. The van der Waals surface area contributed by atoms with Gasteiger partial charge in [0, 0.05) is 10.9 Å². The van der Waals surface area contributed by atoms with Crippen molar-refractivity contribution in [3.8, 4) is 5.75 Å².